The van der Waals surface area contributed by atoms with Crippen LogP contribution in [-0.4, -0.2) is 24.6 Å². The van der Waals surface area contributed by atoms with Crippen LogP contribution in [0.2, 0.25) is 0 Å². The summed E-state index contributed by atoms with van der Waals surface area (Å²) in [5.41, 5.74) is 1.63. The number of rotatable bonds is 4. The van der Waals surface area contributed by atoms with Gasteiger partial charge in [0.1, 0.15) is 5.75 Å². The first kappa shape index (κ1) is 12.3. The number of carbonyl (C=O) groups is 1. The largest absolute Gasteiger partial charge is 0.496 e. The highest BCUT2D eigenvalue weighted by molar-refractivity contribution is 14.1. The monoisotopic (exact) mass is 320 g/mol. The van der Waals surface area contributed by atoms with Crippen LogP contribution in [0, 0.1) is 0 Å². The maximum atomic E-state index is 11.3. The standard InChI is InChI=1S/C11H13IO3/c1-14-10-7-9(11(13)15-2)4-3-8(10)5-6-12/h3-4,7H,5-6H2,1-2H3. The molecule has 0 atom stereocenters. The molecule has 0 spiro atoms. The van der Waals surface area contributed by atoms with Gasteiger partial charge >= 0.3 is 5.97 Å². The molecule has 1 aromatic rings. The van der Waals surface area contributed by atoms with E-state index in [1.807, 2.05) is 6.07 Å². The Labute approximate surface area is 103 Å². The lowest BCUT2D eigenvalue weighted by Crippen LogP contribution is -2.03. The SMILES string of the molecule is COC(=O)c1ccc(CCI)c(OC)c1. The van der Waals surface area contributed by atoms with Crippen molar-refractivity contribution >= 4 is 28.6 Å². The maximum Gasteiger partial charge on any atom is 0.337 e. The second-order valence-corrected chi connectivity index (χ2v) is 4.04. The number of carbonyl (C=O) groups excluding carboxylic acids is 1. The molecule has 0 heterocycles. The molecule has 3 nitrogen and oxygen atoms in total. The number of methoxy groups -OCH3 is 2. The normalized spacial score (nSPS) is 9.80. The van der Waals surface area contributed by atoms with Crippen molar-refractivity contribution in [1.82, 2.24) is 0 Å². The van der Waals surface area contributed by atoms with E-state index in [0.29, 0.717) is 5.56 Å². The topological polar surface area (TPSA) is 35.5 Å². The molecule has 1 aromatic carbocycles. The molecule has 0 aliphatic rings. The van der Waals surface area contributed by atoms with Crippen molar-refractivity contribution < 1.29 is 14.3 Å². The molecule has 0 radical (unpaired) electrons. The first-order chi connectivity index (χ1) is 7.22. The van der Waals surface area contributed by atoms with E-state index < -0.39 is 0 Å². The molecule has 0 fully saturated rings. The fourth-order valence-electron chi connectivity index (χ4n) is 1.30. The smallest absolute Gasteiger partial charge is 0.337 e. The van der Waals surface area contributed by atoms with Crippen molar-refractivity contribution in [3.8, 4) is 5.75 Å². The quantitative estimate of drug-likeness (QED) is 0.486. The molecule has 0 N–H and O–H groups in total. The Bertz CT molecular complexity index is 350. The molecule has 0 aromatic heterocycles. The van der Waals surface area contributed by atoms with Crippen LogP contribution in [0.25, 0.3) is 0 Å². The van der Waals surface area contributed by atoms with Crippen LogP contribution in [0.3, 0.4) is 0 Å². The van der Waals surface area contributed by atoms with Crippen LogP contribution < -0.4 is 4.74 Å². The van der Waals surface area contributed by atoms with Gasteiger partial charge in [-0.15, -0.1) is 0 Å². The molecule has 0 aliphatic heterocycles. The van der Waals surface area contributed by atoms with Gasteiger partial charge in [0.2, 0.25) is 0 Å². The minimum Gasteiger partial charge on any atom is -0.496 e. The second kappa shape index (κ2) is 5.95. The zero-order chi connectivity index (χ0) is 11.3. The van der Waals surface area contributed by atoms with Gasteiger partial charge in [-0.1, -0.05) is 28.7 Å². The Balaban J connectivity index is 3.01. The molecular weight excluding hydrogens is 307 g/mol. The lowest BCUT2D eigenvalue weighted by molar-refractivity contribution is 0.0600. The van der Waals surface area contributed by atoms with E-state index in [4.69, 9.17) is 4.74 Å². The van der Waals surface area contributed by atoms with E-state index in [1.165, 1.54) is 7.11 Å². The lowest BCUT2D eigenvalue weighted by Gasteiger charge is -2.08. The van der Waals surface area contributed by atoms with Crippen LogP contribution >= 0.6 is 22.6 Å². The molecule has 15 heavy (non-hydrogen) atoms. The fraction of sp³-hybridized carbons (Fsp3) is 0.364. The van der Waals surface area contributed by atoms with Gasteiger partial charge in [-0.25, -0.2) is 4.79 Å². The first-order valence-electron chi connectivity index (χ1n) is 4.54. The summed E-state index contributed by atoms with van der Waals surface area (Å²) in [6.07, 6.45) is 0.936. The van der Waals surface area contributed by atoms with Gasteiger partial charge in [0.25, 0.3) is 0 Å². The molecule has 82 valence electrons. The minimum absolute atomic E-state index is 0.339. The van der Waals surface area contributed by atoms with Crippen LogP contribution in [0.4, 0.5) is 0 Å². The molecule has 4 heteroatoms. The molecule has 1 rings (SSSR count). The van der Waals surface area contributed by atoms with E-state index in [2.05, 4.69) is 27.3 Å². The number of hydrogen-bond acceptors (Lipinski definition) is 3. The Morgan fingerprint density at radius 3 is 2.67 bits per heavy atom. The zero-order valence-electron chi connectivity index (χ0n) is 8.75. The maximum absolute atomic E-state index is 11.3. The van der Waals surface area contributed by atoms with Crippen molar-refractivity contribution in [2.75, 3.05) is 18.6 Å². The van der Waals surface area contributed by atoms with Crippen molar-refractivity contribution in [3.63, 3.8) is 0 Å². The molecule has 0 amide bonds. The van der Waals surface area contributed by atoms with Crippen molar-refractivity contribution in [1.29, 1.82) is 0 Å². The average Bonchev–Trinajstić information content (AvgIpc) is 2.29. The fourth-order valence-corrected chi connectivity index (χ4v) is 1.88. The van der Waals surface area contributed by atoms with Gasteiger partial charge in [-0.05, 0) is 24.1 Å². The highest BCUT2D eigenvalue weighted by Crippen LogP contribution is 2.21. The summed E-state index contributed by atoms with van der Waals surface area (Å²) in [6, 6.07) is 5.38. The lowest BCUT2D eigenvalue weighted by atomic mass is 10.1. The summed E-state index contributed by atoms with van der Waals surface area (Å²) >= 11 is 2.31. The summed E-state index contributed by atoms with van der Waals surface area (Å²) in [7, 11) is 2.97. The predicted octanol–water partition coefficient (Wildman–Crippen LogP) is 2.46. The Morgan fingerprint density at radius 2 is 2.13 bits per heavy atom. The highest BCUT2D eigenvalue weighted by atomic mass is 127. The van der Waals surface area contributed by atoms with Gasteiger partial charge in [0.15, 0.2) is 0 Å². The van der Waals surface area contributed by atoms with Crippen LogP contribution in [0.1, 0.15) is 15.9 Å². The van der Waals surface area contributed by atoms with Crippen LogP contribution in [0.15, 0.2) is 18.2 Å². The Morgan fingerprint density at radius 1 is 1.40 bits per heavy atom. The number of hydrogen-bond donors (Lipinski definition) is 0. The molecular formula is C11H13IO3. The minimum atomic E-state index is -0.339. The molecule has 0 saturated carbocycles. The molecule has 0 saturated heterocycles. The predicted molar refractivity (Wildman–Crippen MR) is 66.9 cm³/mol. The van der Waals surface area contributed by atoms with Crippen molar-refractivity contribution in [3.05, 3.63) is 29.3 Å². The van der Waals surface area contributed by atoms with E-state index in [9.17, 15) is 4.79 Å². The molecule has 0 bridgehead atoms. The summed E-state index contributed by atoms with van der Waals surface area (Å²) in [5.74, 6) is 0.406. The highest BCUT2D eigenvalue weighted by Gasteiger charge is 2.09. The van der Waals surface area contributed by atoms with E-state index in [0.717, 1.165) is 22.2 Å². The second-order valence-electron chi connectivity index (χ2n) is 2.96. The van der Waals surface area contributed by atoms with Gasteiger partial charge in [-0.2, -0.15) is 0 Å². The van der Waals surface area contributed by atoms with Gasteiger partial charge in [0, 0.05) is 4.43 Å². The van der Waals surface area contributed by atoms with Crippen molar-refractivity contribution in [2.45, 2.75) is 6.42 Å². The number of ether oxygens (including phenoxy) is 2. The van der Waals surface area contributed by atoms with Crippen LogP contribution in [-0.2, 0) is 11.2 Å². The van der Waals surface area contributed by atoms with E-state index in [-0.39, 0.29) is 5.97 Å². The van der Waals surface area contributed by atoms with Gasteiger partial charge in [0.05, 0.1) is 19.8 Å². The number of alkyl halides is 1. The van der Waals surface area contributed by atoms with E-state index >= 15 is 0 Å². The summed E-state index contributed by atoms with van der Waals surface area (Å²) < 4.78 is 10.9. The average molecular weight is 320 g/mol. The third kappa shape index (κ3) is 3.09. The Hall–Kier alpha value is -0.780. The van der Waals surface area contributed by atoms with Crippen LogP contribution in [0.5, 0.6) is 5.75 Å². The van der Waals surface area contributed by atoms with E-state index in [1.54, 1.807) is 19.2 Å². The third-order valence-electron chi connectivity index (χ3n) is 2.07. The molecule has 0 aliphatic carbocycles. The van der Waals surface area contributed by atoms with Crippen molar-refractivity contribution in [2.24, 2.45) is 0 Å². The van der Waals surface area contributed by atoms with Gasteiger partial charge < -0.3 is 9.47 Å². The third-order valence-corrected chi connectivity index (χ3v) is 2.61. The zero-order valence-corrected chi connectivity index (χ0v) is 10.9. The number of esters is 1. The first-order valence-corrected chi connectivity index (χ1v) is 6.06. The molecule has 0 unspecified atom stereocenters. The van der Waals surface area contributed by atoms with Gasteiger partial charge in [-0.3, -0.25) is 0 Å². The number of aryl methyl sites for hydroxylation is 1. The number of halogens is 1. The number of benzene rings is 1. The summed E-state index contributed by atoms with van der Waals surface area (Å²) in [6.45, 7) is 0. The Kier molecular flexibility index (Phi) is 4.87. The summed E-state index contributed by atoms with van der Waals surface area (Å²) in [4.78, 5) is 11.3. The summed E-state index contributed by atoms with van der Waals surface area (Å²) in [5, 5.41) is 0.